The van der Waals surface area contributed by atoms with Gasteiger partial charge in [-0.3, -0.25) is 4.79 Å². The number of imidazole rings is 1. The van der Waals surface area contributed by atoms with E-state index in [1.165, 1.54) is 0 Å². The largest absolute Gasteiger partial charge is 0.377 e. The molecule has 2 heterocycles. The molecule has 0 bridgehead atoms. The van der Waals surface area contributed by atoms with E-state index in [4.69, 9.17) is 4.74 Å². The maximum absolute atomic E-state index is 10.4. The zero-order chi connectivity index (χ0) is 7.68. The second-order valence-corrected chi connectivity index (χ2v) is 2.53. The quantitative estimate of drug-likeness (QED) is 0.571. The van der Waals surface area contributed by atoms with Gasteiger partial charge in [-0.15, -0.1) is 0 Å². The molecule has 4 heteroatoms. The van der Waals surface area contributed by atoms with E-state index in [0.29, 0.717) is 24.9 Å². The number of hydrogen-bond donors (Lipinski definition) is 0. The van der Waals surface area contributed by atoms with Crippen molar-refractivity contribution < 1.29 is 9.53 Å². The Morgan fingerprint density at radius 1 is 1.73 bits per heavy atom. The number of aldehydes is 1. The van der Waals surface area contributed by atoms with Gasteiger partial charge < -0.3 is 9.30 Å². The molecule has 0 atom stereocenters. The van der Waals surface area contributed by atoms with Crippen LogP contribution in [0.2, 0.25) is 0 Å². The average Bonchev–Trinajstić information content (AvgIpc) is 2.32. The normalized spacial score (nSPS) is 17.8. The van der Waals surface area contributed by atoms with E-state index in [2.05, 4.69) is 4.98 Å². The summed E-state index contributed by atoms with van der Waals surface area (Å²) in [6, 6.07) is 0.317. The number of rotatable bonds is 2. The van der Waals surface area contributed by atoms with Crippen molar-refractivity contribution in [2.45, 2.75) is 6.04 Å². The van der Waals surface area contributed by atoms with Gasteiger partial charge in [-0.05, 0) is 0 Å². The lowest BCUT2D eigenvalue weighted by Gasteiger charge is -2.27. The first-order valence-electron chi connectivity index (χ1n) is 3.46. The Kier molecular flexibility index (Phi) is 1.47. The van der Waals surface area contributed by atoms with Gasteiger partial charge in [0.15, 0.2) is 6.29 Å². The highest BCUT2D eigenvalue weighted by atomic mass is 16.5. The van der Waals surface area contributed by atoms with Crippen LogP contribution < -0.4 is 0 Å². The van der Waals surface area contributed by atoms with Gasteiger partial charge >= 0.3 is 0 Å². The predicted molar refractivity (Wildman–Crippen MR) is 37.5 cm³/mol. The summed E-state index contributed by atoms with van der Waals surface area (Å²) in [5.41, 5.74) is 0.623. The minimum atomic E-state index is 0.317. The molecular weight excluding hydrogens is 144 g/mol. The molecule has 0 aliphatic carbocycles. The minimum absolute atomic E-state index is 0.317. The standard InChI is InChI=1S/C7H8N2O2/c10-2-6-1-8-5-9(6)7-3-11-4-7/h1-2,5,7H,3-4H2. The third-order valence-electron chi connectivity index (χ3n) is 1.83. The van der Waals surface area contributed by atoms with Gasteiger partial charge in [0, 0.05) is 0 Å². The van der Waals surface area contributed by atoms with Gasteiger partial charge in [-0.2, -0.15) is 0 Å². The second kappa shape index (κ2) is 2.47. The van der Waals surface area contributed by atoms with Crippen LogP contribution in [-0.4, -0.2) is 29.1 Å². The Balaban J connectivity index is 2.27. The van der Waals surface area contributed by atoms with Crippen molar-refractivity contribution in [3.8, 4) is 0 Å². The highest BCUT2D eigenvalue weighted by molar-refractivity contribution is 5.71. The Morgan fingerprint density at radius 2 is 2.55 bits per heavy atom. The SMILES string of the molecule is O=Cc1cncn1C1COC1. The van der Waals surface area contributed by atoms with Gasteiger partial charge in [-0.1, -0.05) is 0 Å². The van der Waals surface area contributed by atoms with E-state index in [0.717, 1.165) is 6.29 Å². The van der Waals surface area contributed by atoms with Crippen LogP contribution in [0.3, 0.4) is 0 Å². The van der Waals surface area contributed by atoms with Crippen molar-refractivity contribution in [3.63, 3.8) is 0 Å². The van der Waals surface area contributed by atoms with Crippen molar-refractivity contribution >= 4 is 6.29 Å². The first-order chi connectivity index (χ1) is 5.42. The molecular formula is C7H8N2O2. The summed E-state index contributed by atoms with van der Waals surface area (Å²) in [5, 5.41) is 0. The third kappa shape index (κ3) is 0.952. The summed E-state index contributed by atoms with van der Waals surface area (Å²) in [6.07, 6.45) is 4.04. The van der Waals surface area contributed by atoms with Crippen LogP contribution in [-0.2, 0) is 4.74 Å². The fourth-order valence-corrected chi connectivity index (χ4v) is 1.10. The molecule has 0 spiro atoms. The summed E-state index contributed by atoms with van der Waals surface area (Å²) >= 11 is 0. The van der Waals surface area contributed by atoms with Crippen LogP contribution in [0.15, 0.2) is 12.5 Å². The van der Waals surface area contributed by atoms with Gasteiger partial charge in [0.25, 0.3) is 0 Å². The fraction of sp³-hybridized carbons (Fsp3) is 0.429. The van der Waals surface area contributed by atoms with Gasteiger partial charge in [0.2, 0.25) is 0 Å². The molecule has 0 amide bonds. The Labute approximate surface area is 63.8 Å². The molecule has 58 valence electrons. The molecule has 1 aliphatic heterocycles. The molecule has 1 aromatic heterocycles. The summed E-state index contributed by atoms with van der Waals surface area (Å²) < 4.78 is 6.84. The summed E-state index contributed by atoms with van der Waals surface area (Å²) in [4.78, 5) is 14.3. The highest BCUT2D eigenvalue weighted by Crippen LogP contribution is 2.17. The maximum atomic E-state index is 10.4. The van der Waals surface area contributed by atoms with Gasteiger partial charge in [0.05, 0.1) is 31.8 Å². The Hall–Kier alpha value is -1.16. The van der Waals surface area contributed by atoms with Crippen LogP contribution in [0.4, 0.5) is 0 Å². The number of ether oxygens (including phenoxy) is 1. The van der Waals surface area contributed by atoms with Crippen molar-refractivity contribution in [2.75, 3.05) is 13.2 Å². The lowest BCUT2D eigenvalue weighted by atomic mass is 10.2. The lowest BCUT2D eigenvalue weighted by molar-refractivity contribution is -0.0238. The molecule has 0 unspecified atom stereocenters. The number of carbonyl (C=O) groups excluding carboxylic acids is 1. The first kappa shape index (κ1) is 6.54. The topological polar surface area (TPSA) is 44.1 Å². The fourth-order valence-electron chi connectivity index (χ4n) is 1.10. The molecule has 2 rings (SSSR count). The van der Waals surface area contributed by atoms with Crippen LogP contribution in [0.5, 0.6) is 0 Å². The second-order valence-electron chi connectivity index (χ2n) is 2.53. The number of carbonyl (C=O) groups is 1. The van der Waals surface area contributed by atoms with E-state index in [1.807, 2.05) is 4.57 Å². The zero-order valence-corrected chi connectivity index (χ0v) is 5.93. The molecule has 4 nitrogen and oxygen atoms in total. The monoisotopic (exact) mass is 152 g/mol. The maximum Gasteiger partial charge on any atom is 0.168 e. The van der Waals surface area contributed by atoms with Gasteiger partial charge in [0.1, 0.15) is 5.69 Å². The molecule has 1 aliphatic rings. The van der Waals surface area contributed by atoms with Crippen molar-refractivity contribution in [1.82, 2.24) is 9.55 Å². The predicted octanol–water partition coefficient (Wildman–Crippen LogP) is 0.267. The van der Waals surface area contributed by atoms with Crippen LogP contribution in [0.25, 0.3) is 0 Å². The molecule has 1 saturated heterocycles. The summed E-state index contributed by atoms with van der Waals surface area (Å²) in [7, 11) is 0. The number of hydrogen-bond acceptors (Lipinski definition) is 3. The Bertz CT molecular complexity index is 265. The van der Waals surface area contributed by atoms with E-state index < -0.39 is 0 Å². The van der Waals surface area contributed by atoms with Crippen LogP contribution in [0.1, 0.15) is 16.5 Å². The third-order valence-corrected chi connectivity index (χ3v) is 1.83. The summed E-state index contributed by atoms with van der Waals surface area (Å²) in [5.74, 6) is 0. The highest BCUT2D eigenvalue weighted by Gasteiger charge is 2.21. The lowest BCUT2D eigenvalue weighted by Crippen LogP contribution is -2.31. The van der Waals surface area contributed by atoms with E-state index >= 15 is 0 Å². The first-order valence-corrected chi connectivity index (χ1v) is 3.46. The molecule has 0 radical (unpaired) electrons. The van der Waals surface area contributed by atoms with Crippen LogP contribution >= 0.6 is 0 Å². The van der Waals surface area contributed by atoms with Crippen molar-refractivity contribution in [3.05, 3.63) is 18.2 Å². The van der Waals surface area contributed by atoms with Gasteiger partial charge in [-0.25, -0.2) is 4.98 Å². The van der Waals surface area contributed by atoms with Crippen molar-refractivity contribution in [2.24, 2.45) is 0 Å². The van der Waals surface area contributed by atoms with E-state index in [-0.39, 0.29) is 0 Å². The number of nitrogens with zero attached hydrogens (tertiary/aromatic N) is 2. The average molecular weight is 152 g/mol. The van der Waals surface area contributed by atoms with E-state index in [9.17, 15) is 4.79 Å². The molecule has 0 aromatic carbocycles. The zero-order valence-electron chi connectivity index (χ0n) is 5.93. The van der Waals surface area contributed by atoms with Crippen LogP contribution in [0, 0.1) is 0 Å². The molecule has 1 aromatic rings. The Morgan fingerprint density at radius 3 is 3.09 bits per heavy atom. The smallest absolute Gasteiger partial charge is 0.168 e. The molecule has 0 saturated carbocycles. The number of aromatic nitrogens is 2. The van der Waals surface area contributed by atoms with Crippen molar-refractivity contribution in [1.29, 1.82) is 0 Å². The summed E-state index contributed by atoms with van der Waals surface area (Å²) in [6.45, 7) is 1.38. The molecule has 1 fully saturated rings. The molecule has 11 heavy (non-hydrogen) atoms. The van der Waals surface area contributed by atoms with E-state index in [1.54, 1.807) is 12.5 Å². The molecule has 0 N–H and O–H groups in total. The minimum Gasteiger partial charge on any atom is -0.377 e.